The molecule has 9 heteroatoms. The van der Waals surface area contributed by atoms with E-state index in [1.165, 1.54) is 18.2 Å². The number of nitrogens with zero attached hydrogens (tertiary/aromatic N) is 1. The second-order valence-corrected chi connectivity index (χ2v) is 10.7. The van der Waals surface area contributed by atoms with Crippen LogP contribution in [0.4, 0.5) is 4.39 Å². The summed E-state index contributed by atoms with van der Waals surface area (Å²) in [6.07, 6.45) is 5.79. The molecule has 6 nitrogen and oxygen atoms in total. The van der Waals surface area contributed by atoms with Gasteiger partial charge in [-0.1, -0.05) is 36.6 Å². The van der Waals surface area contributed by atoms with E-state index < -0.39 is 9.84 Å². The summed E-state index contributed by atoms with van der Waals surface area (Å²) < 4.78 is 37.1. The second-order valence-electron chi connectivity index (χ2n) is 8.32. The summed E-state index contributed by atoms with van der Waals surface area (Å²) in [6.45, 7) is 0.581. The summed E-state index contributed by atoms with van der Waals surface area (Å²) in [7, 11) is -1.79. The largest absolute Gasteiger partial charge is 0.342 e. The lowest BCUT2D eigenvalue weighted by Gasteiger charge is -2.18. The van der Waals surface area contributed by atoms with Gasteiger partial charge in [-0.2, -0.15) is 0 Å². The first-order chi connectivity index (χ1) is 15.1. The van der Waals surface area contributed by atoms with Crippen molar-refractivity contribution in [2.24, 2.45) is 0 Å². The van der Waals surface area contributed by atoms with Gasteiger partial charge in [-0.3, -0.25) is 15.6 Å². The summed E-state index contributed by atoms with van der Waals surface area (Å²) in [5, 5.41) is 0.112. The normalized spacial score (nSPS) is 18.6. The summed E-state index contributed by atoms with van der Waals surface area (Å²) in [5.41, 5.74) is 7.78. The Morgan fingerprint density at radius 1 is 1.16 bits per heavy atom. The molecule has 0 radical (unpaired) electrons. The molecule has 2 unspecified atom stereocenters. The van der Waals surface area contributed by atoms with E-state index in [4.69, 9.17) is 11.6 Å². The fraction of sp³-hybridized carbons (Fsp3) is 0.435. The van der Waals surface area contributed by atoms with Gasteiger partial charge in [0.15, 0.2) is 9.84 Å². The van der Waals surface area contributed by atoms with Crippen LogP contribution in [-0.2, 0) is 9.84 Å². The minimum Gasteiger partial charge on any atom is -0.342 e. The number of hydrogen-bond acceptors (Lipinski definition) is 5. The summed E-state index contributed by atoms with van der Waals surface area (Å²) >= 11 is 5.96. The Balaban J connectivity index is 1.40. The second kappa shape index (κ2) is 10.7. The van der Waals surface area contributed by atoms with Crippen LogP contribution in [0.2, 0.25) is 5.02 Å². The fourth-order valence-electron chi connectivity index (χ4n) is 3.91. The lowest BCUT2D eigenvalue weighted by atomic mass is 9.99. The molecule has 2 atom stereocenters. The highest BCUT2D eigenvalue weighted by Gasteiger charge is 2.24. The van der Waals surface area contributed by atoms with Gasteiger partial charge < -0.3 is 4.90 Å². The van der Waals surface area contributed by atoms with Crippen molar-refractivity contribution in [3.8, 4) is 0 Å². The molecule has 1 fully saturated rings. The number of carbonyl (C=O) groups is 1. The molecule has 1 saturated heterocycles. The van der Waals surface area contributed by atoms with E-state index in [2.05, 4.69) is 10.9 Å². The molecular weight excluding hydrogens is 453 g/mol. The van der Waals surface area contributed by atoms with E-state index in [0.717, 1.165) is 43.9 Å². The van der Waals surface area contributed by atoms with Crippen LogP contribution in [-0.4, -0.2) is 45.1 Å². The maximum atomic E-state index is 13.4. The fourth-order valence-corrected chi connectivity index (χ4v) is 5.21. The Hall–Kier alpha value is -2.00. The zero-order chi connectivity index (χ0) is 23.3. The third-order valence-electron chi connectivity index (χ3n) is 5.70. The number of halogens is 2. The molecule has 1 aliphatic rings. The van der Waals surface area contributed by atoms with Crippen molar-refractivity contribution < 1.29 is 17.6 Å². The minimum atomic E-state index is -3.50. The van der Waals surface area contributed by atoms with Crippen molar-refractivity contribution in [1.29, 1.82) is 0 Å². The lowest BCUT2D eigenvalue weighted by Crippen LogP contribution is -2.31. The van der Waals surface area contributed by atoms with E-state index in [0.29, 0.717) is 18.2 Å². The van der Waals surface area contributed by atoms with Crippen LogP contribution in [0.15, 0.2) is 47.4 Å². The molecule has 0 aromatic heterocycles. The Kier molecular flexibility index (Phi) is 8.27. The standard InChI is InChI=1S/C23H29ClFN3O3S/c1-28(23(29)17-10-11-20(24)22(14-17)32(2,30)31)12-5-3-4-9-19-15-21(27-26-19)16-7-6-8-18(25)13-16/h6-8,10-11,13-14,19,21,26-27H,3-5,9,12,15H2,1-2H3. The SMILES string of the molecule is CN(CCCCCC1CC(c2cccc(F)c2)NN1)C(=O)c1ccc(Cl)c(S(C)(=O)=O)c1. The third-order valence-corrected chi connectivity index (χ3v) is 7.28. The predicted octanol–water partition coefficient (Wildman–Crippen LogP) is 4.12. The first-order valence-electron chi connectivity index (χ1n) is 10.7. The van der Waals surface area contributed by atoms with Crippen molar-refractivity contribution in [2.75, 3.05) is 19.8 Å². The molecule has 32 heavy (non-hydrogen) atoms. The quantitative estimate of drug-likeness (QED) is 0.527. The van der Waals surface area contributed by atoms with Crippen molar-refractivity contribution in [3.63, 3.8) is 0 Å². The molecule has 0 bridgehead atoms. The third kappa shape index (κ3) is 6.51. The van der Waals surface area contributed by atoms with Crippen molar-refractivity contribution in [1.82, 2.24) is 15.8 Å². The van der Waals surface area contributed by atoms with Gasteiger partial charge in [0.2, 0.25) is 0 Å². The Morgan fingerprint density at radius 3 is 2.66 bits per heavy atom. The minimum absolute atomic E-state index is 0.0346. The number of hydrazine groups is 1. The molecule has 2 aromatic carbocycles. The van der Waals surface area contributed by atoms with Crippen LogP contribution >= 0.6 is 11.6 Å². The van der Waals surface area contributed by atoms with Gasteiger partial charge in [0.05, 0.1) is 9.92 Å². The van der Waals surface area contributed by atoms with Crippen LogP contribution in [0.3, 0.4) is 0 Å². The van der Waals surface area contributed by atoms with Gasteiger partial charge in [0.1, 0.15) is 5.82 Å². The number of nitrogens with one attached hydrogen (secondary N) is 2. The molecule has 1 heterocycles. The zero-order valence-corrected chi connectivity index (χ0v) is 19.8. The van der Waals surface area contributed by atoms with Crippen LogP contribution in [0, 0.1) is 5.82 Å². The molecular formula is C23H29ClFN3O3S. The Bertz CT molecular complexity index is 1060. The maximum Gasteiger partial charge on any atom is 0.253 e. The van der Waals surface area contributed by atoms with Crippen LogP contribution in [0.25, 0.3) is 0 Å². The topological polar surface area (TPSA) is 78.5 Å². The highest BCUT2D eigenvalue weighted by Crippen LogP contribution is 2.25. The summed E-state index contributed by atoms with van der Waals surface area (Å²) in [4.78, 5) is 14.2. The highest BCUT2D eigenvalue weighted by molar-refractivity contribution is 7.90. The smallest absolute Gasteiger partial charge is 0.253 e. The van der Waals surface area contributed by atoms with Crippen LogP contribution < -0.4 is 10.9 Å². The van der Waals surface area contributed by atoms with E-state index in [9.17, 15) is 17.6 Å². The van der Waals surface area contributed by atoms with Crippen LogP contribution in [0.1, 0.15) is 54.1 Å². The molecule has 1 aliphatic heterocycles. The first-order valence-corrected chi connectivity index (χ1v) is 12.9. The monoisotopic (exact) mass is 481 g/mol. The average Bonchev–Trinajstić information content (AvgIpc) is 3.21. The zero-order valence-electron chi connectivity index (χ0n) is 18.3. The van der Waals surface area contributed by atoms with E-state index >= 15 is 0 Å². The predicted molar refractivity (Wildman–Crippen MR) is 124 cm³/mol. The van der Waals surface area contributed by atoms with Crippen LogP contribution in [0.5, 0.6) is 0 Å². The molecule has 2 N–H and O–H groups in total. The highest BCUT2D eigenvalue weighted by atomic mass is 35.5. The van der Waals surface area contributed by atoms with Gasteiger partial charge in [0, 0.05) is 37.5 Å². The first kappa shape index (κ1) is 24.6. The molecule has 3 rings (SSSR count). The molecule has 0 saturated carbocycles. The number of rotatable bonds is 9. The van der Waals surface area contributed by atoms with E-state index in [-0.39, 0.29) is 27.7 Å². The number of amides is 1. The summed E-state index contributed by atoms with van der Waals surface area (Å²) in [6, 6.07) is 11.4. The van der Waals surface area contributed by atoms with Gasteiger partial charge in [-0.15, -0.1) is 0 Å². The average molecular weight is 482 g/mol. The van der Waals surface area contributed by atoms with Crippen molar-refractivity contribution in [3.05, 3.63) is 64.4 Å². The van der Waals surface area contributed by atoms with Gasteiger partial charge >= 0.3 is 0 Å². The summed E-state index contributed by atoms with van der Waals surface area (Å²) in [5.74, 6) is -0.455. The van der Waals surface area contributed by atoms with Gasteiger partial charge in [-0.05, 0) is 55.2 Å². The Labute approximate surface area is 194 Å². The van der Waals surface area contributed by atoms with Gasteiger partial charge in [-0.25, -0.2) is 12.8 Å². The molecule has 0 aliphatic carbocycles. The molecule has 2 aromatic rings. The van der Waals surface area contributed by atoms with E-state index in [1.54, 1.807) is 30.1 Å². The van der Waals surface area contributed by atoms with Gasteiger partial charge in [0.25, 0.3) is 5.91 Å². The number of hydrogen-bond donors (Lipinski definition) is 2. The lowest BCUT2D eigenvalue weighted by molar-refractivity contribution is 0.0792. The Morgan fingerprint density at radius 2 is 1.94 bits per heavy atom. The molecule has 1 amide bonds. The number of sulfone groups is 1. The van der Waals surface area contributed by atoms with Crippen molar-refractivity contribution >= 4 is 27.3 Å². The molecule has 0 spiro atoms. The number of benzene rings is 2. The maximum absolute atomic E-state index is 13.4. The number of carbonyl (C=O) groups excluding carboxylic acids is 1. The number of unbranched alkanes of at least 4 members (excludes halogenated alkanes) is 2. The van der Waals surface area contributed by atoms with Crippen molar-refractivity contribution in [2.45, 2.75) is 49.1 Å². The molecule has 174 valence electrons. The van der Waals surface area contributed by atoms with E-state index in [1.807, 2.05) is 6.07 Å².